The van der Waals surface area contributed by atoms with Crippen LogP contribution in [0.4, 0.5) is 0 Å². The third-order valence-corrected chi connectivity index (χ3v) is 4.82. The van der Waals surface area contributed by atoms with Crippen molar-refractivity contribution >= 4 is 28.9 Å². The molecule has 0 spiro atoms. The highest BCUT2D eigenvalue weighted by molar-refractivity contribution is 7.80. The summed E-state index contributed by atoms with van der Waals surface area (Å²) in [6.45, 7) is 5.45. The molecule has 0 unspecified atom stereocenters. The summed E-state index contributed by atoms with van der Waals surface area (Å²) >= 11 is 11.3. The largest absolute Gasteiger partial charge is 0.360 e. The van der Waals surface area contributed by atoms with E-state index < -0.39 is 0 Å². The average molecular weight is 357 g/mol. The van der Waals surface area contributed by atoms with Gasteiger partial charge in [-0.25, -0.2) is 0 Å². The van der Waals surface area contributed by atoms with E-state index in [1.807, 2.05) is 12.1 Å². The molecule has 128 valence electrons. The Kier molecular flexibility index (Phi) is 7.56. The van der Waals surface area contributed by atoms with Crippen LogP contribution in [-0.2, 0) is 6.54 Å². The lowest BCUT2D eigenvalue weighted by Crippen LogP contribution is -3.12. The van der Waals surface area contributed by atoms with Crippen LogP contribution < -0.4 is 20.4 Å². The van der Waals surface area contributed by atoms with E-state index in [2.05, 4.69) is 36.9 Å². The lowest BCUT2D eigenvalue weighted by molar-refractivity contribution is -0.918. The number of hydrogen-bond acceptors (Lipinski definition) is 1. The molecule has 0 aliphatic carbocycles. The highest BCUT2D eigenvalue weighted by atomic mass is 35.5. The number of quaternary nitrogens is 2. The van der Waals surface area contributed by atoms with E-state index in [-0.39, 0.29) is 0 Å². The van der Waals surface area contributed by atoms with Crippen molar-refractivity contribution in [2.24, 2.45) is 0 Å². The fourth-order valence-electron chi connectivity index (χ4n) is 2.90. The van der Waals surface area contributed by atoms with E-state index in [9.17, 15) is 0 Å². The summed E-state index contributed by atoms with van der Waals surface area (Å²) in [7, 11) is 4.30. The number of likely N-dealkylation sites (tertiary alicyclic amines) is 1. The molecule has 1 saturated heterocycles. The molecule has 0 bridgehead atoms. The van der Waals surface area contributed by atoms with Crippen molar-refractivity contribution < 1.29 is 9.80 Å². The first-order valence-corrected chi connectivity index (χ1v) is 9.23. The molecule has 0 amide bonds. The lowest BCUT2D eigenvalue weighted by Gasteiger charge is -2.30. The molecule has 1 aliphatic heterocycles. The highest BCUT2D eigenvalue weighted by Gasteiger charge is 2.22. The first-order valence-electron chi connectivity index (χ1n) is 8.44. The van der Waals surface area contributed by atoms with Crippen LogP contribution >= 0.6 is 23.8 Å². The molecular weight excluding hydrogens is 328 g/mol. The van der Waals surface area contributed by atoms with Crippen molar-refractivity contribution in [3.8, 4) is 0 Å². The van der Waals surface area contributed by atoms with E-state index in [0.29, 0.717) is 6.04 Å². The monoisotopic (exact) mass is 356 g/mol. The van der Waals surface area contributed by atoms with Gasteiger partial charge in [-0.15, -0.1) is 0 Å². The van der Waals surface area contributed by atoms with Gasteiger partial charge in [-0.2, -0.15) is 0 Å². The molecule has 0 aromatic heterocycles. The first-order chi connectivity index (χ1) is 11.0. The van der Waals surface area contributed by atoms with Crippen LogP contribution in [0.3, 0.4) is 0 Å². The van der Waals surface area contributed by atoms with Crippen molar-refractivity contribution in [1.29, 1.82) is 0 Å². The summed E-state index contributed by atoms with van der Waals surface area (Å²) in [5.41, 5.74) is 1.36. The van der Waals surface area contributed by atoms with Gasteiger partial charge in [0.05, 0.1) is 40.3 Å². The van der Waals surface area contributed by atoms with Crippen LogP contribution in [0, 0.1) is 0 Å². The zero-order valence-electron chi connectivity index (χ0n) is 14.1. The number of halogens is 1. The van der Waals surface area contributed by atoms with E-state index in [1.165, 1.54) is 36.4 Å². The van der Waals surface area contributed by atoms with Gasteiger partial charge in [-0.05, 0) is 24.4 Å². The van der Waals surface area contributed by atoms with E-state index >= 15 is 0 Å². The maximum atomic E-state index is 5.94. The predicted octanol–water partition coefficient (Wildman–Crippen LogP) is -0.504. The zero-order valence-corrected chi connectivity index (χ0v) is 15.7. The van der Waals surface area contributed by atoms with Crippen LogP contribution in [0.1, 0.15) is 18.4 Å². The number of hydrogen-bond donors (Lipinski definition) is 4. The number of benzene rings is 1. The Balaban J connectivity index is 1.65. The normalized spacial score (nSPS) is 21.2. The van der Waals surface area contributed by atoms with Crippen LogP contribution in [0.15, 0.2) is 24.3 Å². The molecule has 0 saturated carbocycles. The number of rotatable bonds is 6. The molecule has 1 aromatic carbocycles. The fourth-order valence-corrected chi connectivity index (χ4v) is 3.30. The van der Waals surface area contributed by atoms with Gasteiger partial charge in [-0.3, -0.25) is 0 Å². The van der Waals surface area contributed by atoms with E-state index in [1.54, 1.807) is 4.90 Å². The van der Waals surface area contributed by atoms with Crippen LogP contribution in [-0.4, -0.2) is 51.4 Å². The second-order valence-electron chi connectivity index (χ2n) is 6.68. The second-order valence-corrected chi connectivity index (χ2v) is 7.53. The van der Waals surface area contributed by atoms with Gasteiger partial charge in [0.1, 0.15) is 6.54 Å². The minimum Gasteiger partial charge on any atom is -0.360 e. The predicted molar refractivity (Wildman–Crippen MR) is 100 cm³/mol. The van der Waals surface area contributed by atoms with Crippen LogP contribution in [0.25, 0.3) is 0 Å². The van der Waals surface area contributed by atoms with Crippen molar-refractivity contribution in [1.82, 2.24) is 10.6 Å². The minimum atomic E-state index is 0.510. The van der Waals surface area contributed by atoms with Gasteiger partial charge in [0, 0.05) is 29.5 Å². The highest BCUT2D eigenvalue weighted by Crippen LogP contribution is 2.09. The van der Waals surface area contributed by atoms with Crippen LogP contribution in [0.5, 0.6) is 0 Å². The number of piperidine rings is 1. The van der Waals surface area contributed by atoms with Crippen LogP contribution in [0.2, 0.25) is 5.02 Å². The quantitative estimate of drug-likeness (QED) is 0.518. The molecule has 1 heterocycles. The molecule has 4 nitrogen and oxygen atoms in total. The molecular formula is C17H29ClN4S+2. The summed E-state index contributed by atoms with van der Waals surface area (Å²) in [6.07, 6.45) is 2.34. The molecule has 6 heteroatoms. The molecule has 1 aromatic rings. The Morgan fingerprint density at radius 1 is 1.26 bits per heavy atom. The molecule has 1 aliphatic rings. The van der Waals surface area contributed by atoms with Crippen molar-refractivity contribution in [3.63, 3.8) is 0 Å². The zero-order chi connectivity index (χ0) is 16.7. The Hall–Kier alpha value is -0.880. The van der Waals surface area contributed by atoms with Crippen molar-refractivity contribution in [2.45, 2.75) is 25.4 Å². The topological polar surface area (TPSA) is 32.9 Å². The Morgan fingerprint density at radius 2 is 1.91 bits per heavy atom. The van der Waals surface area contributed by atoms with Gasteiger partial charge in [0.25, 0.3) is 0 Å². The number of thiocarbonyl (C=S) groups is 1. The van der Waals surface area contributed by atoms with E-state index in [0.717, 1.165) is 29.8 Å². The molecule has 2 rings (SSSR count). The summed E-state index contributed by atoms with van der Waals surface area (Å²) in [5, 5.41) is 8.37. The molecule has 23 heavy (non-hydrogen) atoms. The van der Waals surface area contributed by atoms with Gasteiger partial charge in [-0.1, -0.05) is 23.7 Å². The third-order valence-electron chi connectivity index (χ3n) is 4.31. The summed E-state index contributed by atoms with van der Waals surface area (Å²) < 4.78 is 0. The summed E-state index contributed by atoms with van der Waals surface area (Å²) in [6, 6.07) is 8.72. The third kappa shape index (κ3) is 7.04. The number of likely N-dealkylation sites (N-methyl/N-ethyl adjacent to an activating group) is 1. The Labute approximate surface area is 150 Å². The van der Waals surface area contributed by atoms with Gasteiger partial charge >= 0.3 is 0 Å². The minimum absolute atomic E-state index is 0.510. The fraction of sp³-hybridized carbons (Fsp3) is 0.588. The Bertz CT molecular complexity index is 484. The maximum absolute atomic E-state index is 5.94. The summed E-state index contributed by atoms with van der Waals surface area (Å²) in [5.74, 6) is 0. The molecule has 4 N–H and O–H groups in total. The maximum Gasteiger partial charge on any atom is 0.166 e. The van der Waals surface area contributed by atoms with Gasteiger partial charge in [0.2, 0.25) is 0 Å². The molecule has 1 fully saturated rings. The van der Waals surface area contributed by atoms with E-state index in [4.69, 9.17) is 23.8 Å². The lowest BCUT2D eigenvalue weighted by atomic mass is 10.0. The first kappa shape index (κ1) is 18.5. The van der Waals surface area contributed by atoms with Gasteiger partial charge < -0.3 is 20.4 Å². The van der Waals surface area contributed by atoms with Crippen molar-refractivity contribution in [2.75, 3.05) is 40.3 Å². The molecule has 0 atom stereocenters. The standard InChI is InChI=1S/C17H27ClN4S/c1-21(2)12-9-19-17(23)20-16-7-10-22(11-8-16)13-14-3-5-15(18)6-4-14/h3-6,16H,7-13H2,1-2H3,(H2,19,20,23)/p+2. The van der Waals surface area contributed by atoms with Crippen molar-refractivity contribution in [3.05, 3.63) is 34.9 Å². The smallest absolute Gasteiger partial charge is 0.166 e. The summed E-state index contributed by atoms with van der Waals surface area (Å²) in [4.78, 5) is 3.07. The second kappa shape index (κ2) is 9.42. The molecule has 0 radical (unpaired) electrons. The van der Waals surface area contributed by atoms with Gasteiger partial charge in [0.15, 0.2) is 5.11 Å². The Morgan fingerprint density at radius 3 is 2.52 bits per heavy atom. The average Bonchev–Trinajstić information content (AvgIpc) is 2.51. The SMILES string of the molecule is C[NH+](C)CCNC(=S)NC1CC[NH+](Cc2ccc(Cl)cc2)CC1. The number of nitrogens with one attached hydrogen (secondary N) is 4.